The summed E-state index contributed by atoms with van der Waals surface area (Å²) in [5.41, 5.74) is 4.74. The molecule has 20 heavy (non-hydrogen) atoms. The molecule has 0 unspecified atom stereocenters. The minimum Gasteiger partial charge on any atom is -0.272 e. The third-order valence-corrected chi connectivity index (χ3v) is 2.89. The zero-order valence-electron chi connectivity index (χ0n) is 10.7. The second-order valence-electron chi connectivity index (χ2n) is 4.19. The fourth-order valence-electron chi connectivity index (χ4n) is 1.65. The molecule has 0 aliphatic carbocycles. The number of rotatable bonds is 3. The summed E-state index contributed by atoms with van der Waals surface area (Å²) in [6, 6.07) is 9.44. The zero-order valence-corrected chi connectivity index (χ0v) is 11.5. The Hall–Kier alpha value is -2.45. The van der Waals surface area contributed by atoms with E-state index in [1.807, 2.05) is 31.2 Å². The van der Waals surface area contributed by atoms with Crippen LogP contribution in [0.5, 0.6) is 0 Å². The standard InChI is InChI=1S/C14H11ClN4O/c1-9-2-3-10-7-11(14(15)18-12(10)6-9)8-17-19-13(20)4-5-16/h2-3,6-8H,4H2,1H3,(H,19,20)/b17-8-. The molecular weight excluding hydrogens is 276 g/mol. The second kappa shape index (κ2) is 6.13. The largest absolute Gasteiger partial charge is 0.272 e. The Balaban J connectivity index is 2.24. The number of nitriles is 1. The Kier molecular flexibility index (Phi) is 4.28. The first-order valence-corrected chi connectivity index (χ1v) is 6.23. The van der Waals surface area contributed by atoms with Gasteiger partial charge in [0.05, 0.1) is 17.8 Å². The Morgan fingerprint density at radius 1 is 1.55 bits per heavy atom. The van der Waals surface area contributed by atoms with Crippen molar-refractivity contribution in [2.45, 2.75) is 13.3 Å². The number of aromatic nitrogens is 1. The van der Waals surface area contributed by atoms with Crippen LogP contribution in [0.25, 0.3) is 10.9 Å². The van der Waals surface area contributed by atoms with Crippen molar-refractivity contribution in [3.8, 4) is 6.07 Å². The van der Waals surface area contributed by atoms with E-state index in [1.54, 1.807) is 6.07 Å². The third-order valence-electron chi connectivity index (χ3n) is 2.59. The van der Waals surface area contributed by atoms with Gasteiger partial charge in [0.25, 0.3) is 5.91 Å². The molecule has 0 aliphatic rings. The minimum absolute atomic E-state index is 0.236. The lowest BCUT2D eigenvalue weighted by molar-refractivity contribution is -0.120. The predicted octanol–water partition coefficient (Wildman–Crippen LogP) is 2.56. The van der Waals surface area contributed by atoms with Crippen LogP contribution < -0.4 is 5.43 Å². The van der Waals surface area contributed by atoms with Crippen LogP contribution >= 0.6 is 11.6 Å². The average Bonchev–Trinajstić information content (AvgIpc) is 2.40. The number of hydrogen-bond donors (Lipinski definition) is 1. The van der Waals surface area contributed by atoms with Crippen molar-refractivity contribution in [3.63, 3.8) is 0 Å². The van der Waals surface area contributed by atoms with Gasteiger partial charge in [-0.2, -0.15) is 10.4 Å². The number of hydrogen-bond acceptors (Lipinski definition) is 4. The highest BCUT2D eigenvalue weighted by Crippen LogP contribution is 2.20. The van der Waals surface area contributed by atoms with E-state index in [0.29, 0.717) is 10.7 Å². The highest BCUT2D eigenvalue weighted by Gasteiger charge is 2.04. The van der Waals surface area contributed by atoms with Crippen molar-refractivity contribution < 1.29 is 4.79 Å². The van der Waals surface area contributed by atoms with Crippen LogP contribution in [0.15, 0.2) is 29.4 Å². The number of benzene rings is 1. The molecule has 1 amide bonds. The molecule has 0 saturated heterocycles. The van der Waals surface area contributed by atoms with Crippen LogP contribution in [0.3, 0.4) is 0 Å². The zero-order chi connectivity index (χ0) is 14.5. The molecule has 0 saturated carbocycles. The first-order chi connectivity index (χ1) is 9.60. The first-order valence-electron chi connectivity index (χ1n) is 5.86. The predicted molar refractivity (Wildman–Crippen MR) is 77.5 cm³/mol. The minimum atomic E-state index is -0.468. The van der Waals surface area contributed by atoms with Gasteiger partial charge in [-0.05, 0) is 24.6 Å². The molecule has 1 heterocycles. The molecule has 2 rings (SSSR count). The van der Waals surface area contributed by atoms with Gasteiger partial charge in [-0.1, -0.05) is 23.7 Å². The fourth-order valence-corrected chi connectivity index (χ4v) is 1.84. The Morgan fingerprint density at radius 2 is 2.35 bits per heavy atom. The summed E-state index contributed by atoms with van der Waals surface area (Å²) in [6.45, 7) is 1.98. The summed E-state index contributed by atoms with van der Waals surface area (Å²) in [4.78, 5) is 15.4. The smallest absolute Gasteiger partial charge is 0.254 e. The molecule has 0 fully saturated rings. The summed E-state index contributed by atoms with van der Waals surface area (Å²) >= 11 is 6.06. The molecular formula is C14H11ClN4O. The number of carbonyl (C=O) groups is 1. The average molecular weight is 287 g/mol. The lowest BCUT2D eigenvalue weighted by Gasteiger charge is -2.03. The van der Waals surface area contributed by atoms with E-state index in [1.165, 1.54) is 6.21 Å². The molecule has 5 nitrogen and oxygen atoms in total. The van der Waals surface area contributed by atoms with E-state index in [4.69, 9.17) is 16.9 Å². The number of nitrogens with one attached hydrogen (secondary N) is 1. The second-order valence-corrected chi connectivity index (χ2v) is 4.55. The van der Waals surface area contributed by atoms with Crippen molar-refractivity contribution in [2.75, 3.05) is 0 Å². The van der Waals surface area contributed by atoms with E-state index in [-0.39, 0.29) is 6.42 Å². The lowest BCUT2D eigenvalue weighted by Crippen LogP contribution is -2.16. The molecule has 0 radical (unpaired) electrons. The van der Waals surface area contributed by atoms with Gasteiger partial charge >= 0.3 is 0 Å². The Morgan fingerprint density at radius 3 is 3.10 bits per heavy atom. The van der Waals surface area contributed by atoms with E-state index in [2.05, 4.69) is 15.5 Å². The number of fused-ring (bicyclic) bond motifs is 1. The van der Waals surface area contributed by atoms with Gasteiger partial charge in [-0.15, -0.1) is 0 Å². The molecule has 1 N–H and O–H groups in total. The molecule has 0 spiro atoms. The summed E-state index contributed by atoms with van der Waals surface area (Å²) < 4.78 is 0. The van der Waals surface area contributed by atoms with E-state index < -0.39 is 5.91 Å². The summed E-state index contributed by atoms with van der Waals surface area (Å²) in [5.74, 6) is -0.468. The molecule has 1 aromatic heterocycles. The van der Waals surface area contributed by atoms with Crippen molar-refractivity contribution in [3.05, 3.63) is 40.5 Å². The first kappa shape index (κ1) is 14.0. The quantitative estimate of drug-likeness (QED) is 0.535. The molecule has 1 aromatic carbocycles. The van der Waals surface area contributed by atoms with Crippen LogP contribution in [0.4, 0.5) is 0 Å². The van der Waals surface area contributed by atoms with Gasteiger partial charge < -0.3 is 0 Å². The van der Waals surface area contributed by atoms with Gasteiger partial charge in [-0.25, -0.2) is 10.4 Å². The van der Waals surface area contributed by atoms with Gasteiger partial charge in [0.2, 0.25) is 0 Å². The lowest BCUT2D eigenvalue weighted by atomic mass is 10.1. The molecule has 0 atom stereocenters. The van der Waals surface area contributed by atoms with Gasteiger partial charge in [0, 0.05) is 10.9 Å². The van der Waals surface area contributed by atoms with Crippen molar-refractivity contribution in [2.24, 2.45) is 5.10 Å². The Bertz CT molecular complexity index is 734. The third kappa shape index (κ3) is 3.31. The number of hydrazone groups is 1. The Labute approximate surface area is 120 Å². The molecule has 6 heteroatoms. The van der Waals surface area contributed by atoms with Crippen LogP contribution in [0.2, 0.25) is 5.15 Å². The maximum absolute atomic E-state index is 11.1. The normalized spacial score (nSPS) is 10.7. The molecule has 100 valence electrons. The van der Waals surface area contributed by atoms with Crippen LogP contribution in [-0.2, 0) is 4.79 Å². The van der Waals surface area contributed by atoms with Crippen molar-refractivity contribution in [1.29, 1.82) is 5.26 Å². The fraction of sp³-hybridized carbons (Fsp3) is 0.143. The van der Waals surface area contributed by atoms with E-state index >= 15 is 0 Å². The van der Waals surface area contributed by atoms with Crippen LogP contribution in [0, 0.1) is 18.3 Å². The molecule has 0 bridgehead atoms. The summed E-state index contributed by atoms with van der Waals surface area (Å²) in [7, 11) is 0. The number of carbonyl (C=O) groups excluding carboxylic acids is 1. The highest BCUT2D eigenvalue weighted by atomic mass is 35.5. The van der Waals surface area contributed by atoms with Gasteiger partial charge in [0.15, 0.2) is 0 Å². The number of pyridine rings is 1. The maximum atomic E-state index is 11.1. The number of aryl methyl sites for hydroxylation is 1. The van der Waals surface area contributed by atoms with Crippen molar-refractivity contribution >= 4 is 34.6 Å². The number of halogens is 1. The van der Waals surface area contributed by atoms with Crippen molar-refractivity contribution in [1.82, 2.24) is 10.4 Å². The monoisotopic (exact) mass is 286 g/mol. The summed E-state index contributed by atoms with van der Waals surface area (Å²) in [6.07, 6.45) is 1.17. The SMILES string of the molecule is Cc1ccc2cc(/C=N\NC(=O)CC#N)c(Cl)nc2c1. The van der Waals surface area contributed by atoms with Gasteiger partial charge in [-0.3, -0.25) is 4.79 Å². The van der Waals surface area contributed by atoms with Crippen LogP contribution in [-0.4, -0.2) is 17.1 Å². The number of nitrogens with zero attached hydrogens (tertiary/aromatic N) is 3. The van der Waals surface area contributed by atoms with Gasteiger partial charge in [0.1, 0.15) is 11.6 Å². The molecule has 0 aliphatic heterocycles. The number of amides is 1. The molecule has 2 aromatic rings. The van der Waals surface area contributed by atoms with E-state index in [0.717, 1.165) is 16.5 Å². The highest BCUT2D eigenvalue weighted by molar-refractivity contribution is 6.32. The van der Waals surface area contributed by atoms with E-state index in [9.17, 15) is 4.79 Å². The topological polar surface area (TPSA) is 78.1 Å². The summed E-state index contributed by atoms with van der Waals surface area (Å²) in [5, 5.41) is 13.3. The maximum Gasteiger partial charge on any atom is 0.254 e. The van der Waals surface area contributed by atoms with Crippen LogP contribution in [0.1, 0.15) is 17.5 Å².